The van der Waals surface area contributed by atoms with Gasteiger partial charge in [-0.3, -0.25) is 4.98 Å². The highest BCUT2D eigenvalue weighted by atomic mass is 16.7. The monoisotopic (exact) mass is 355 g/mol. The summed E-state index contributed by atoms with van der Waals surface area (Å²) in [7, 11) is 0. The van der Waals surface area contributed by atoms with Gasteiger partial charge in [-0.25, -0.2) is 4.79 Å². The van der Waals surface area contributed by atoms with Crippen LogP contribution in [0.3, 0.4) is 0 Å². The summed E-state index contributed by atoms with van der Waals surface area (Å²) in [5, 5.41) is 2.91. The van der Waals surface area contributed by atoms with Crippen molar-refractivity contribution in [2.75, 3.05) is 25.2 Å². The molecule has 0 saturated carbocycles. The Morgan fingerprint density at radius 2 is 2.00 bits per heavy atom. The molecule has 3 heterocycles. The molecule has 7 nitrogen and oxygen atoms in total. The zero-order chi connectivity index (χ0) is 17.9. The van der Waals surface area contributed by atoms with E-state index in [4.69, 9.17) is 14.2 Å². The van der Waals surface area contributed by atoms with Crippen molar-refractivity contribution in [2.45, 2.75) is 25.9 Å². The molecule has 136 valence electrons. The Labute approximate surface area is 151 Å². The second-order valence-corrected chi connectivity index (χ2v) is 6.44. The van der Waals surface area contributed by atoms with Crippen LogP contribution in [0.2, 0.25) is 0 Å². The van der Waals surface area contributed by atoms with Crippen LogP contribution in [-0.4, -0.2) is 41.9 Å². The van der Waals surface area contributed by atoms with Crippen molar-refractivity contribution < 1.29 is 19.0 Å². The van der Waals surface area contributed by atoms with E-state index in [9.17, 15) is 4.79 Å². The summed E-state index contributed by atoms with van der Waals surface area (Å²) in [6, 6.07) is 9.14. The van der Waals surface area contributed by atoms with Gasteiger partial charge in [0.15, 0.2) is 11.5 Å². The second kappa shape index (κ2) is 7.11. The Morgan fingerprint density at radius 1 is 1.19 bits per heavy atom. The van der Waals surface area contributed by atoms with E-state index in [2.05, 4.69) is 10.3 Å². The number of amides is 2. The summed E-state index contributed by atoms with van der Waals surface area (Å²) < 4.78 is 16.6. The van der Waals surface area contributed by atoms with Gasteiger partial charge < -0.3 is 24.4 Å². The van der Waals surface area contributed by atoms with Crippen molar-refractivity contribution in [2.24, 2.45) is 0 Å². The van der Waals surface area contributed by atoms with Crippen LogP contribution in [0, 0.1) is 6.92 Å². The first-order valence-electron chi connectivity index (χ1n) is 8.72. The van der Waals surface area contributed by atoms with Crippen molar-refractivity contribution in [3.8, 4) is 17.2 Å². The molecule has 0 atom stereocenters. The first-order valence-corrected chi connectivity index (χ1v) is 8.72. The van der Waals surface area contributed by atoms with Crippen LogP contribution in [0.5, 0.6) is 17.2 Å². The number of hydrogen-bond acceptors (Lipinski definition) is 5. The minimum absolute atomic E-state index is 0.106. The lowest BCUT2D eigenvalue weighted by molar-refractivity contribution is 0.115. The number of hydrogen-bond donors (Lipinski definition) is 1. The number of benzene rings is 1. The molecule has 1 saturated heterocycles. The fourth-order valence-corrected chi connectivity index (χ4v) is 3.07. The minimum Gasteiger partial charge on any atom is -0.489 e. The Bertz CT molecular complexity index is 786. The largest absolute Gasteiger partial charge is 0.489 e. The number of piperidine rings is 1. The van der Waals surface area contributed by atoms with E-state index in [1.165, 1.54) is 0 Å². The molecule has 2 aromatic rings. The molecule has 0 spiro atoms. The average molecular weight is 355 g/mol. The summed E-state index contributed by atoms with van der Waals surface area (Å²) in [5.74, 6) is 2.13. The highest BCUT2D eigenvalue weighted by Crippen LogP contribution is 2.34. The maximum absolute atomic E-state index is 12.5. The van der Waals surface area contributed by atoms with Crippen molar-refractivity contribution in [1.29, 1.82) is 0 Å². The van der Waals surface area contributed by atoms with E-state index in [1.807, 2.05) is 25.1 Å². The third-order valence-corrected chi connectivity index (χ3v) is 4.54. The summed E-state index contributed by atoms with van der Waals surface area (Å²) in [4.78, 5) is 18.5. The highest BCUT2D eigenvalue weighted by molar-refractivity contribution is 5.89. The fraction of sp³-hybridized carbons (Fsp3) is 0.368. The Hall–Kier alpha value is -2.96. The lowest BCUT2D eigenvalue weighted by Crippen LogP contribution is -2.43. The predicted octanol–water partition coefficient (Wildman–Crippen LogP) is 3.19. The van der Waals surface area contributed by atoms with E-state index in [0.717, 1.165) is 24.3 Å². The van der Waals surface area contributed by atoms with Gasteiger partial charge in [-0.05, 0) is 31.2 Å². The van der Waals surface area contributed by atoms with Gasteiger partial charge in [0.2, 0.25) is 6.79 Å². The Balaban J connectivity index is 1.28. The van der Waals surface area contributed by atoms with Crippen molar-refractivity contribution in [3.05, 3.63) is 42.2 Å². The molecular weight excluding hydrogens is 334 g/mol. The zero-order valence-corrected chi connectivity index (χ0v) is 14.6. The smallest absolute Gasteiger partial charge is 0.321 e. The SMILES string of the molecule is Cc1ccc(OC2CCN(C(=O)Nc3ccc4c(c3)OCO4)CC2)cn1. The summed E-state index contributed by atoms with van der Waals surface area (Å²) in [6.07, 6.45) is 3.44. The van der Waals surface area contributed by atoms with Crippen LogP contribution in [-0.2, 0) is 0 Å². The Kier molecular flexibility index (Phi) is 4.51. The van der Waals surface area contributed by atoms with Gasteiger partial charge in [-0.2, -0.15) is 0 Å². The van der Waals surface area contributed by atoms with Crippen LogP contribution in [0.15, 0.2) is 36.5 Å². The lowest BCUT2D eigenvalue weighted by atomic mass is 10.1. The van der Waals surface area contributed by atoms with Crippen LogP contribution in [0.25, 0.3) is 0 Å². The zero-order valence-electron chi connectivity index (χ0n) is 14.6. The number of nitrogens with zero attached hydrogens (tertiary/aromatic N) is 2. The summed E-state index contributed by atoms with van der Waals surface area (Å²) in [6.45, 7) is 3.47. The van der Waals surface area contributed by atoms with Gasteiger partial charge in [0.1, 0.15) is 11.9 Å². The number of carbonyl (C=O) groups is 1. The number of fused-ring (bicyclic) bond motifs is 1. The molecule has 0 bridgehead atoms. The quantitative estimate of drug-likeness (QED) is 0.915. The first kappa shape index (κ1) is 16.5. The van der Waals surface area contributed by atoms with E-state index in [1.54, 1.807) is 23.2 Å². The maximum atomic E-state index is 12.5. The average Bonchev–Trinajstić information content (AvgIpc) is 3.12. The topological polar surface area (TPSA) is 72.9 Å². The molecule has 26 heavy (non-hydrogen) atoms. The number of aromatic nitrogens is 1. The molecule has 1 aromatic heterocycles. The predicted molar refractivity (Wildman–Crippen MR) is 95.8 cm³/mol. The Morgan fingerprint density at radius 3 is 2.77 bits per heavy atom. The number of carbonyl (C=O) groups excluding carboxylic acids is 1. The molecule has 4 rings (SSSR count). The molecule has 0 radical (unpaired) electrons. The number of ether oxygens (including phenoxy) is 3. The van der Waals surface area contributed by atoms with Gasteiger partial charge in [-0.15, -0.1) is 0 Å². The van der Waals surface area contributed by atoms with Gasteiger partial charge in [0, 0.05) is 43.4 Å². The number of pyridine rings is 1. The first-order chi connectivity index (χ1) is 12.7. The molecule has 2 amide bonds. The highest BCUT2D eigenvalue weighted by Gasteiger charge is 2.24. The third-order valence-electron chi connectivity index (χ3n) is 4.54. The maximum Gasteiger partial charge on any atom is 0.321 e. The molecule has 0 unspecified atom stereocenters. The van der Waals surface area contributed by atoms with Crippen LogP contribution in [0.1, 0.15) is 18.5 Å². The van der Waals surface area contributed by atoms with Crippen LogP contribution in [0.4, 0.5) is 10.5 Å². The molecule has 7 heteroatoms. The third kappa shape index (κ3) is 3.66. The second-order valence-electron chi connectivity index (χ2n) is 6.44. The van der Waals surface area contributed by atoms with E-state index in [0.29, 0.717) is 30.3 Å². The number of aryl methyl sites for hydroxylation is 1. The standard InChI is InChI=1S/C19H21N3O4/c1-13-2-4-16(11-20-13)26-15-6-8-22(9-7-15)19(23)21-14-3-5-17-18(10-14)25-12-24-17/h2-5,10-11,15H,6-9,12H2,1H3,(H,21,23). The van der Waals surface area contributed by atoms with Gasteiger partial charge in [0.25, 0.3) is 0 Å². The van der Waals surface area contributed by atoms with E-state index in [-0.39, 0.29) is 18.9 Å². The van der Waals surface area contributed by atoms with Gasteiger partial charge in [0.05, 0.1) is 6.20 Å². The normalized spacial score (nSPS) is 16.4. The van der Waals surface area contributed by atoms with E-state index >= 15 is 0 Å². The fourth-order valence-electron chi connectivity index (χ4n) is 3.07. The van der Waals surface area contributed by atoms with Crippen LogP contribution >= 0.6 is 0 Å². The number of rotatable bonds is 3. The molecule has 1 N–H and O–H groups in total. The molecule has 1 aromatic carbocycles. The lowest BCUT2D eigenvalue weighted by Gasteiger charge is -2.32. The molecule has 0 aliphatic carbocycles. The number of nitrogens with one attached hydrogen (secondary N) is 1. The number of anilines is 1. The number of urea groups is 1. The van der Waals surface area contributed by atoms with E-state index < -0.39 is 0 Å². The van der Waals surface area contributed by atoms with Crippen LogP contribution < -0.4 is 19.5 Å². The van der Waals surface area contributed by atoms with Gasteiger partial charge in [-0.1, -0.05) is 0 Å². The van der Waals surface area contributed by atoms with Crippen molar-refractivity contribution in [3.63, 3.8) is 0 Å². The minimum atomic E-state index is -0.112. The summed E-state index contributed by atoms with van der Waals surface area (Å²) in [5.41, 5.74) is 1.66. The van der Waals surface area contributed by atoms with Gasteiger partial charge >= 0.3 is 6.03 Å². The van der Waals surface area contributed by atoms with Crippen molar-refractivity contribution >= 4 is 11.7 Å². The summed E-state index contributed by atoms with van der Waals surface area (Å²) >= 11 is 0. The van der Waals surface area contributed by atoms with Crippen molar-refractivity contribution in [1.82, 2.24) is 9.88 Å². The molecular formula is C19H21N3O4. The molecule has 2 aliphatic rings. The molecule has 2 aliphatic heterocycles. The molecule has 1 fully saturated rings. The number of likely N-dealkylation sites (tertiary alicyclic amines) is 1.